The zero-order valence-electron chi connectivity index (χ0n) is 13.7. The number of hydrogen-bond acceptors (Lipinski definition) is 5. The molecule has 1 atom stereocenters. The first-order chi connectivity index (χ1) is 12.1. The molecule has 2 N–H and O–H groups in total. The molecule has 0 aliphatic carbocycles. The summed E-state index contributed by atoms with van der Waals surface area (Å²) >= 11 is 0. The normalized spacial score (nSPS) is 12.2. The second-order valence-corrected chi connectivity index (χ2v) is 5.28. The van der Waals surface area contributed by atoms with Crippen LogP contribution in [0, 0.1) is 0 Å². The van der Waals surface area contributed by atoms with Crippen molar-refractivity contribution in [1.82, 2.24) is 19.4 Å². The lowest BCUT2D eigenvalue weighted by Gasteiger charge is -2.12. The van der Waals surface area contributed by atoms with E-state index in [-0.39, 0.29) is 11.9 Å². The van der Waals surface area contributed by atoms with E-state index in [1.807, 2.05) is 13.8 Å². The molecule has 3 aromatic heterocycles. The van der Waals surface area contributed by atoms with Crippen LogP contribution in [0.3, 0.4) is 0 Å². The SMILES string of the molecule is CCOC(C)n1cc(-c2c(NC=O)cnn3c(C(=O)O)ccc23)cn1. The van der Waals surface area contributed by atoms with Crippen LogP contribution >= 0.6 is 0 Å². The number of ether oxygens (including phenoxy) is 1. The molecule has 9 nitrogen and oxygen atoms in total. The van der Waals surface area contributed by atoms with Gasteiger partial charge in [0.25, 0.3) is 0 Å². The smallest absolute Gasteiger partial charge is 0.354 e. The molecule has 0 bridgehead atoms. The Balaban J connectivity index is 2.17. The van der Waals surface area contributed by atoms with E-state index in [2.05, 4.69) is 15.5 Å². The predicted molar refractivity (Wildman–Crippen MR) is 89.4 cm³/mol. The molecule has 0 fully saturated rings. The molecule has 130 valence electrons. The average molecular weight is 343 g/mol. The third-order valence-corrected chi connectivity index (χ3v) is 3.79. The van der Waals surface area contributed by atoms with Gasteiger partial charge in [0.2, 0.25) is 6.41 Å². The summed E-state index contributed by atoms with van der Waals surface area (Å²) in [7, 11) is 0. The van der Waals surface area contributed by atoms with Crippen molar-refractivity contribution in [3.05, 3.63) is 36.4 Å². The number of hydrogen-bond donors (Lipinski definition) is 2. The molecule has 0 aliphatic rings. The summed E-state index contributed by atoms with van der Waals surface area (Å²) in [5.74, 6) is -1.09. The van der Waals surface area contributed by atoms with Crippen LogP contribution in [0.5, 0.6) is 0 Å². The highest BCUT2D eigenvalue weighted by Crippen LogP contribution is 2.32. The Labute approximate surface area is 142 Å². The summed E-state index contributed by atoms with van der Waals surface area (Å²) in [6.07, 6.45) is 5.12. The van der Waals surface area contributed by atoms with Gasteiger partial charge in [0.05, 0.1) is 23.6 Å². The third-order valence-electron chi connectivity index (χ3n) is 3.79. The summed E-state index contributed by atoms with van der Waals surface area (Å²) in [6.45, 7) is 4.31. The number of anilines is 1. The molecule has 3 aromatic rings. The van der Waals surface area contributed by atoms with Crippen LogP contribution in [0.15, 0.2) is 30.7 Å². The van der Waals surface area contributed by atoms with Crippen molar-refractivity contribution in [1.29, 1.82) is 0 Å². The summed E-state index contributed by atoms with van der Waals surface area (Å²) in [5, 5.41) is 20.3. The maximum atomic E-state index is 11.3. The fourth-order valence-electron chi connectivity index (χ4n) is 2.68. The minimum atomic E-state index is -1.09. The topological polar surface area (TPSA) is 111 Å². The second-order valence-electron chi connectivity index (χ2n) is 5.28. The average Bonchev–Trinajstić information content (AvgIpc) is 3.22. The summed E-state index contributed by atoms with van der Waals surface area (Å²) in [5.41, 5.74) is 2.38. The third kappa shape index (κ3) is 2.96. The Morgan fingerprint density at radius 1 is 1.40 bits per heavy atom. The lowest BCUT2D eigenvalue weighted by atomic mass is 10.1. The second kappa shape index (κ2) is 6.73. The van der Waals surface area contributed by atoms with E-state index < -0.39 is 5.97 Å². The van der Waals surface area contributed by atoms with Crippen LogP contribution in [0.4, 0.5) is 5.69 Å². The first-order valence-electron chi connectivity index (χ1n) is 7.67. The number of fused-ring (bicyclic) bond motifs is 1. The largest absolute Gasteiger partial charge is 0.477 e. The quantitative estimate of drug-likeness (QED) is 0.635. The van der Waals surface area contributed by atoms with Gasteiger partial charge in [-0.1, -0.05) is 0 Å². The molecule has 0 aliphatic heterocycles. The van der Waals surface area contributed by atoms with Crippen molar-refractivity contribution in [3.8, 4) is 11.1 Å². The van der Waals surface area contributed by atoms with Gasteiger partial charge in [0.1, 0.15) is 6.23 Å². The monoisotopic (exact) mass is 343 g/mol. The van der Waals surface area contributed by atoms with E-state index in [0.717, 1.165) is 0 Å². The van der Waals surface area contributed by atoms with E-state index in [0.29, 0.717) is 35.3 Å². The molecule has 3 heterocycles. The standard InChI is InChI=1S/C16H17N5O4/c1-3-25-10(2)20-8-11(6-18-20)15-12(17-9-22)7-19-21-13(15)4-5-14(21)16(23)24/h4-10H,3H2,1-2H3,(H,17,22)(H,23,24). The molecule has 25 heavy (non-hydrogen) atoms. The van der Waals surface area contributed by atoms with Crippen molar-refractivity contribution < 1.29 is 19.4 Å². The van der Waals surface area contributed by atoms with E-state index in [9.17, 15) is 14.7 Å². The van der Waals surface area contributed by atoms with Crippen LogP contribution in [0.2, 0.25) is 0 Å². The van der Waals surface area contributed by atoms with Gasteiger partial charge < -0.3 is 15.2 Å². The fraction of sp³-hybridized carbons (Fsp3) is 0.250. The molecule has 0 aromatic carbocycles. The number of carbonyl (C=O) groups is 2. The number of rotatable bonds is 7. The lowest BCUT2D eigenvalue weighted by Crippen LogP contribution is -2.09. The first kappa shape index (κ1) is 16.7. The Morgan fingerprint density at radius 3 is 2.88 bits per heavy atom. The first-order valence-corrected chi connectivity index (χ1v) is 7.67. The van der Waals surface area contributed by atoms with Gasteiger partial charge in [-0.25, -0.2) is 14.0 Å². The number of nitrogens with one attached hydrogen (secondary N) is 1. The number of amides is 1. The molecule has 0 spiro atoms. The van der Waals surface area contributed by atoms with E-state index >= 15 is 0 Å². The molecule has 0 saturated heterocycles. The molecular weight excluding hydrogens is 326 g/mol. The van der Waals surface area contributed by atoms with Crippen LogP contribution in [0.1, 0.15) is 30.6 Å². The highest BCUT2D eigenvalue weighted by atomic mass is 16.5. The van der Waals surface area contributed by atoms with E-state index in [4.69, 9.17) is 4.74 Å². The van der Waals surface area contributed by atoms with Crippen LogP contribution in [0.25, 0.3) is 16.6 Å². The van der Waals surface area contributed by atoms with Gasteiger partial charge in [0.15, 0.2) is 5.69 Å². The van der Waals surface area contributed by atoms with Crippen LogP contribution < -0.4 is 5.32 Å². The lowest BCUT2D eigenvalue weighted by molar-refractivity contribution is -0.105. The van der Waals surface area contributed by atoms with Gasteiger partial charge in [-0.3, -0.25) is 4.79 Å². The predicted octanol–water partition coefficient (Wildman–Crippen LogP) is 2.02. The van der Waals surface area contributed by atoms with E-state index in [1.54, 1.807) is 23.1 Å². The van der Waals surface area contributed by atoms with Crippen molar-refractivity contribution in [2.24, 2.45) is 0 Å². The molecular formula is C16H17N5O4. The summed E-state index contributed by atoms with van der Waals surface area (Å²) in [6, 6.07) is 3.11. The minimum Gasteiger partial charge on any atom is -0.477 e. The molecule has 0 radical (unpaired) electrons. The number of nitrogens with zero attached hydrogens (tertiary/aromatic N) is 4. The minimum absolute atomic E-state index is 0.0315. The fourth-order valence-corrected chi connectivity index (χ4v) is 2.68. The van der Waals surface area contributed by atoms with Crippen molar-refractivity contribution in [2.45, 2.75) is 20.1 Å². The zero-order chi connectivity index (χ0) is 18.0. The maximum Gasteiger partial charge on any atom is 0.354 e. The van der Waals surface area contributed by atoms with Gasteiger partial charge in [-0.15, -0.1) is 0 Å². The zero-order valence-corrected chi connectivity index (χ0v) is 13.7. The molecule has 9 heteroatoms. The van der Waals surface area contributed by atoms with Gasteiger partial charge >= 0.3 is 5.97 Å². The Hall–Kier alpha value is -3.20. The summed E-state index contributed by atoms with van der Waals surface area (Å²) in [4.78, 5) is 22.3. The number of aromatic carboxylic acids is 1. The number of carbonyl (C=O) groups excluding carboxylic acids is 1. The molecule has 1 unspecified atom stereocenters. The Kier molecular flexibility index (Phi) is 4.48. The molecule has 0 saturated carbocycles. The molecule has 3 rings (SSSR count). The number of carboxylic acid groups (broad SMARTS) is 1. The van der Waals surface area contributed by atoms with Gasteiger partial charge in [-0.2, -0.15) is 10.2 Å². The van der Waals surface area contributed by atoms with Crippen LogP contribution in [-0.2, 0) is 9.53 Å². The highest BCUT2D eigenvalue weighted by molar-refractivity contribution is 5.96. The van der Waals surface area contributed by atoms with Gasteiger partial charge in [0, 0.05) is 23.9 Å². The Bertz CT molecular complexity index is 930. The van der Waals surface area contributed by atoms with Crippen molar-refractivity contribution >= 4 is 23.6 Å². The number of carboxylic acids is 1. The maximum absolute atomic E-state index is 11.3. The molecule has 1 amide bonds. The summed E-state index contributed by atoms with van der Waals surface area (Å²) < 4.78 is 8.48. The Morgan fingerprint density at radius 2 is 2.20 bits per heavy atom. The van der Waals surface area contributed by atoms with Crippen LogP contribution in [-0.4, -0.2) is 43.5 Å². The van der Waals surface area contributed by atoms with E-state index in [1.165, 1.54) is 16.8 Å². The number of aromatic nitrogens is 4. The van der Waals surface area contributed by atoms with Gasteiger partial charge in [-0.05, 0) is 26.0 Å². The highest BCUT2D eigenvalue weighted by Gasteiger charge is 2.18. The van der Waals surface area contributed by atoms with Crippen molar-refractivity contribution in [3.63, 3.8) is 0 Å². The van der Waals surface area contributed by atoms with Crippen molar-refractivity contribution in [2.75, 3.05) is 11.9 Å².